The van der Waals surface area contributed by atoms with Crippen molar-refractivity contribution in [3.63, 3.8) is 0 Å². The van der Waals surface area contributed by atoms with Gasteiger partial charge < -0.3 is 0 Å². The second-order valence-electron chi connectivity index (χ2n) is 7.88. The van der Waals surface area contributed by atoms with Crippen LogP contribution < -0.4 is 0 Å². The van der Waals surface area contributed by atoms with Crippen molar-refractivity contribution in [1.82, 2.24) is 0 Å². The molecule has 27 heavy (non-hydrogen) atoms. The van der Waals surface area contributed by atoms with Crippen molar-refractivity contribution in [1.29, 1.82) is 0 Å². The van der Waals surface area contributed by atoms with Crippen LogP contribution in [0.2, 0.25) is 0 Å². The van der Waals surface area contributed by atoms with Crippen LogP contribution in [0.5, 0.6) is 0 Å². The molecule has 0 saturated heterocycles. The number of hydrogen-bond acceptors (Lipinski definition) is 0. The molecule has 0 heteroatoms. The monoisotopic (exact) mass is 344 g/mol. The number of rotatable bonds is 0. The first-order valence-corrected chi connectivity index (χ1v) is 9.68. The van der Waals surface area contributed by atoms with Gasteiger partial charge in [-0.05, 0) is 57.9 Å². The normalized spacial score (nSPS) is 18.6. The van der Waals surface area contributed by atoms with E-state index in [1.165, 1.54) is 50.1 Å². The fourth-order valence-corrected chi connectivity index (χ4v) is 5.37. The smallest absolute Gasteiger partial charge is 0.0510 e. The van der Waals surface area contributed by atoms with Gasteiger partial charge in [-0.2, -0.15) is 0 Å². The summed E-state index contributed by atoms with van der Waals surface area (Å²) in [5.74, 6) is 0. The van der Waals surface area contributed by atoms with Gasteiger partial charge in [0.05, 0.1) is 5.41 Å². The van der Waals surface area contributed by atoms with Crippen LogP contribution in [0.25, 0.3) is 22.3 Å². The van der Waals surface area contributed by atoms with Crippen LogP contribution >= 0.6 is 0 Å². The van der Waals surface area contributed by atoms with E-state index in [1.54, 1.807) is 0 Å². The molecule has 0 fully saturated rings. The molecule has 0 N–H and O–H groups in total. The number of hydrogen-bond donors (Lipinski definition) is 0. The predicted molar refractivity (Wildman–Crippen MR) is 112 cm³/mol. The minimum Gasteiger partial charge on any atom is -0.0620 e. The molecule has 0 radical (unpaired) electrons. The average molecular weight is 344 g/mol. The van der Waals surface area contributed by atoms with Gasteiger partial charge in [0, 0.05) is 0 Å². The lowest BCUT2D eigenvalue weighted by Gasteiger charge is -2.39. The Kier molecular flexibility index (Phi) is 2.89. The molecule has 0 aromatic heterocycles. The van der Waals surface area contributed by atoms with Crippen LogP contribution in [0, 0.1) is 6.92 Å². The highest BCUT2D eigenvalue weighted by Crippen LogP contribution is 2.58. The minimum absolute atomic E-state index is 0.0944. The van der Waals surface area contributed by atoms with Crippen LogP contribution in [0.15, 0.2) is 91.0 Å². The molecule has 0 saturated carbocycles. The summed E-state index contributed by atoms with van der Waals surface area (Å²) in [5, 5.41) is 0. The first-order chi connectivity index (χ1) is 13.3. The summed E-state index contributed by atoms with van der Waals surface area (Å²) in [4.78, 5) is 0. The largest absolute Gasteiger partial charge is 0.0620 e. The first-order valence-electron chi connectivity index (χ1n) is 9.68. The predicted octanol–water partition coefficient (Wildman–Crippen LogP) is 6.53. The van der Waals surface area contributed by atoms with Crippen molar-refractivity contribution in [3.05, 3.63) is 119 Å². The molecule has 4 aromatic carbocycles. The Hall–Kier alpha value is -3.12. The fourth-order valence-electron chi connectivity index (χ4n) is 5.37. The van der Waals surface area contributed by atoms with Gasteiger partial charge >= 0.3 is 0 Å². The zero-order valence-corrected chi connectivity index (χ0v) is 15.4. The molecule has 0 amide bonds. The topological polar surface area (TPSA) is 0 Å². The molecule has 1 atom stereocenters. The van der Waals surface area contributed by atoms with Gasteiger partial charge in [-0.3, -0.25) is 0 Å². The quantitative estimate of drug-likeness (QED) is 0.340. The Morgan fingerprint density at radius 2 is 1.11 bits per heavy atom. The third kappa shape index (κ3) is 1.83. The third-order valence-electron chi connectivity index (χ3n) is 6.46. The third-order valence-corrected chi connectivity index (χ3v) is 6.46. The highest BCUT2D eigenvalue weighted by atomic mass is 14.5. The molecular weight excluding hydrogens is 324 g/mol. The van der Waals surface area contributed by atoms with E-state index in [1.807, 2.05) is 0 Å². The molecule has 0 aliphatic heterocycles. The molecule has 128 valence electrons. The van der Waals surface area contributed by atoms with E-state index in [2.05, 4.69) is 97.9 Å². The molecular formula is C27H20. The summed E-state index contributed by atoms with van der Waals surface area (Å²) in [6.07, 6.45) is 1.02. The standard InChI is InChI=1S/C27H20/c1-18-14-15-23-22-11-5-7-13-25(22)27(26(23)16-18)17-19-8-2-3-9-20(19)21-10-4-6-12-24(21)27/h2-16H,17H2,1H3. The van der Waals surface area contributed by atoms with E-state index >= 15 is 0 Å². The lowest BCUT2D eigenvalue weighted by molar-refractivity contribution is 0.622. The number of benzene rings is 4. The van der Waals surface area contributed by atoms with E-state index in [0.717, 1.165) is 6.42 Å². The maximum atomic E-state index is 2.42. The maximum Gasteiger partial charge on any atom is 0.0510 e. The zero-order valence-electron chi connectivity index (χ0n) is 15.4. The molecule has 0 heterocycles. The molecule has 6 rings (SSSR count). The molecule has 1 spiro atoms. The minimum atomic E-state index is -0.0944. The Bertz CT molecular complexity index is 1210. The first kappa shape index (κ1) is 15.0. The molecule has 0 bridgehead atoms. The highest BCUT2D eigenvalue weighted by molar-refractivity contribution is 5.88. The molecule has 1 unspecified atom stereocenters. The van der Waals surface area contributed by atoms with Gasteiger partial charge in [-0.1, -0.05) is 96.6 Å². The second-order valence-corrected chi connectivity index (χ2v) is 7.88. The van der Waals surface area contributed by atoms with E-state index < -0.39 is 0 Å². The van der Waals surface area contributed by atoms with Gasteiger partial charge in [0.2, 0.25) is 0 Å². The van der Waals surface area contributed by atoms with E-state index in [0.29, 0.717) is 0 Å². The lowest BCUT2D eigenvalue weighted by atomic mass is 9.63. The summed E-state index contributed by atoms with van der Waals surface area (Å²) < 4.78 is 0. The Morgan fingerprint density at radius 1 is 0.556 bits per heavy atom. The van der Waals surface area contributed by atoms with Gasteiger partial charge in [-0.25, -0.2) is 0 Å². The van der Waals surface area contributed by atoms with Crippen molar-refractivity contribution in [3.8, 4) is 22.3 Å². The summed E-state index contributed by atoms with van der Waals surface area (Å²) in [6.45, 7) is 2.21. The Balaban J connectivity index is 1.79. The fraction of sp³-hybridized carbons (Fsp3) is 0.111. The second kappa shape index (κ2) is 5.20. The molecule has 2 aliphatic rings. The summed E-state index contributed by atoms with van der Waals surface area (Å²) >= 11 is 0. The van der Waals surface area contributed by atoms with Gasteiger partial charge in [0.25, 0.3) is 0 Å². The van der Waals surface area contributed by atoms with Crippen molar-refractivity contribution in [2.45, 2.75) is 18.8 Å². The van der Waals surface area contributed by atoms with Gasteiger partial charge in [-0.15, -0.1) is 0 Å². The summed E-state index contributed by atoms with van der Waals surface area (Å²) in [5.41, 5.74) is 12.6. The van der Waals surface area contributed by atoms with Gasteiger partial charge in [0.1, 0.15) is 0 Å². The average Bonchev–Trinajstić information content (AvgIpc) is 2.98. The highest BCUT2D eigenvalue weighted by Gasteiger charge is 2.47. The van der Waals surface area contributed by atoms with E-state index in [-0.39, 0.29) is 5.41 Å². The van der Waals surface area contributed by atoms with Crippen LogP contribution in [0.1, 0.15) is 27.8 Å². The maximum absolute atomic E-state index is 2.42. The Morgan fingerprint density at radius 3 is 1.85 bits per heavy atom. The molecule has 0 nitrogen and oxygen atoms in total. The van der Waals surface area contributed by atoms with E-state index in [9.17, 15) is 0 Å². The van der Waals surface area contributed by atoms with Gasteiger partial charge in [0.15, 0.2) is 0 Å². The number of fused-ring (bicyclic) bond motifs is 9. The van der Waals surface area contributed by atoms with E-state index in [4.69, 9.17) is 0 Å². The Labute approximate surface area is 160 Å². The zero-order chi connectivity index (χ0) is 18.0. The van der Waals surface area contributed by atoms with Crippen LogP contribution in [-0.2, 0) is 11.8 Å². The summed E-state index contributed by atoms with van der Waals surface area (Å²) in [7, 11) is 0. The van der Waals surface area contributed by atoms with Crippen molar-refractivity contribution < 1.29 is 0 Å². The molecule has 4 aromatic rings. The number of aryl methyl sites for hydroxylation is 1. The SMILES string of the molecule is Cc1ccc2c(c1)C1(Cc3ccccc3-c3ccccc31)c1ccccc1-2. The van der Waals surface area contributed by atoms with Crippen molar-refractivity contribution in [2.24, 2.45) is 0 Å². The van der Waals surface area contributed by atoms with Crippen molar-refractivity contribution in [2.75, 3.05) is 0 Å². The van der Waals surface area contributed by atoms with Crippen LogP contribution in [0.3, 0.4) is 0 Å². The molecule has 2 aliphatic carbocycles. The lowest BCUT2D eigenvalue weighted by Crippen LogP contribution is -2.33. The van der Waals surface area contributed by atoms with Crippen LogP contribution in [-0.4, -0.2) is 0 Å². The van der Waals surface area contributed by atoms with Crippen molar-refractivity contribution >= 4 is 0 Å². The summed E-state index contributed by atoms with van der Waals surface area (Å²) in [6, 6.07) is 33.9. The van der Waals surface area contributed by atoms with Crippen LogP contribution in [0.4, 0.5) is 0 Å².